The number of benzene rings is 7. The maximum absolute atomic E-state index is 11.9. The molecule has 6 aromatic carbocycles. The summed E-state index contributed by atoms with van der Waals surface area (Å²) in [5.41, 5.74) is 7.09. The Hall–Kier alpha value is -5.74. The third-order valence-electron chi connectivity index (χ3n) is 10.8. The Morgan fingerprint density at radius 3 is 1.92 bits per heavy atom. The van der Waals surface area contributed by atoms with Crippen molar-refractivity contribution < 1.29 is 8.70 Å². The Balaban J connectivity index is 1.32. The molecule has 0 spiro atoms. The summed E-state index contributed by atoms with van der Waals surface area (Å²) in [7, 11) is -2.03. The van der Waals surface area contributed by atoms with Gasteiger partial charge in [0.1, 0.15) is 11.3 Å². The average molecular weight is 847 g/mol. The Morgan fingerprint density at radius 2 is 1.25 bits per heavy atom. The molecule has 0 bridgehead atoms. The number of hydrogen-bond donors (Lipinski definition) is 0. The molecule has 9 heteroatoms. The molecule has 60 heavy (non-hydrogen) atoms. The van der Waals surface area contributed by atoms with Gasteiger partial charge in [-0.05, 0) is 76.5 Å². The van der Waals surface area contributed by atoms with Crippen LogP contribution in [0.2, 0.25) is 0 Å². The van der Waals surface area contributed by atoms with Gasteiger partial charge in [0.25, 0.3) is 0 Å². The van der Waals surface area contributed by atoms with Crippen LogP contribution in [0.25, 0.3) is 33.4 Å². The maximum Gasteiger partial charge on any atom is 0.209 e. The van der Waals surface area contributed by atoms with Crippen molar-refractivity contribution in [3.8, 4) is 22.5 Å². The SMILES string of the molecule is CCS(CC)(ON=O)c1ccccc1-c1c2ccc(=[N+](CCSc3ccccc3)c3ccccc3)cc-2oc2cc(N(CCSc3ccccc3)c3ccccc3)ccc12. The molecule has 302 valence electrons. The van der Waals surface area contributed by atoms with E-state index in [1.165, 1.54) is 9.79 Å². The van der Waals surface area contributed by atoms with Crippen molar-refractivity contribution in [3.63, 3.8) is 0 Å². The highest BCUT2D eigenvalue weighted by molar-refractivity contribution is 8.29. The van der Waals surface area contributed by atoms with Gasteiger partial charge in [-0.25, -0.2) is 0 Å². The third-order valence-corrected chi connectivity index (χ3v) is 16.1. The van der Waals surface area contributed by atoms with E-state index in [0.29, 0.717) is 11.5 Å². The number of para-hydroxylation sites is 2. The summed E-state index contributed by atoms with van der Waals surface area (Å²) in [5.74, 6) is 3.89. The van der Waals surface area contributed by atoms with Gasteiger partial charge in [-0.15, -0.1) is 28.4 Å². The first-order chi connectivity index (χ1) is 29.6. The summed E-state index contributed by atoms with van der Waals surface area (Å²) in [6.45, 7) is 5.76. The van der Waals surface area contributed by atoms with Gasteiger partial charge in [0.15, 0.2) is 11.9 Å². The zero-order valence-electron chi connectivity index (χ0n) is 33.9. The van der Waals surface area contributed by atoms with Crippen molar-refractivity contribution in [2.45, 2.75) is 28.5 Å². The number of anilines is 2. The average Bonchev–Trinajstić information content (AvgIpc) is 3.31. The van der Waals surface area contributed by atoms with E-state index in [9.17, 15) is 4.91 Å². The second-order valence-corrected chi connectivity index (χ2v) is 19.9. The van der Waals surface area contributed by atoms with E-state index in [2.05, 4.69) is 205 Å². The number of nitrogens with zero attached hydrogens (tertiary/aromatic N) is 3. The molecule has 0 N–H and O–H groups in total. The zero-order chi connectivity index (χ0) is 41.2. The molecule has 0 amide bonds. The van der Waals surface area contributed by atoms with Crippen molar-refractivity contribution in [3.05, 3.63) is 192 Å². The van der Waals surface area contributed by atoms with E-state index in [4.69, 9.17) is 8.70 Å². The first-order valence-electron chi connectivity index (χ1n) is 20.3. The molecule has 1 heterocycles. The van der Waals surface area contributed by atoms with Gasteiger partial charge in [0, 0.05) is 90.6 Å². The lowest BCUT2D eigenvalue weighted by atomic mass is 9.93. The van der Waals surface area contributed by atoms with Crippen LogP contribution >= 0.6 is 33.8 Å². The Labute approximate surface area is 362 Å². The fourth-order valence-electron chi connectivity index (χ4n) is 7.78. The van der Waals surface area contributed by atoms with E-state index in [1.807, 2.05) is 29.6 Å². The molecule has 0 saturated heterocycles. The van der Waals surface area contributed by atoms with Crippen LogP contribution in [0.15, 0.2) is 206 Å². The summed E-state index contributed by atoms with van der Waals surface area (Å²) in [5, 5.41) is 5.07. The van der Waals surface area contributed by atoms with Crippen LogP contribution in [0.3, 0.4) is 0 Å². The Morgan fingerprint density at radius 1 is 0.633 bits per heavy atom. The Bertz CT molecular complexity index is 2690. The summed E-state index contributed by atoms with van der Waals surface area (Å²) in [6, 6.07) is 63.8. The molecule has 8 rings (SSSR count). The quantitative estimate of drug-likeness (QED) is 0.0299. The molecule has 0 unspecified atom stereocenters. The summed E-state index contributed by atoms with van der Waals surface area (Å²) in [6.07, 6.45) is 0. The molecule has 0 fully saturated rings. The molecular weight excluding hydrogens is 799 g/mol. The van der Waals surface area contributed by atoms with E-state index in [0.717, 1.165) is 85.3 Å². The van der Waals surface area contributed by atoms with Crippen LogP contribution < -0.4 is 14.8 Å². The van der Waals surface area contributed by atoms with Crippen LogP contribution in [0, 0.1) is 4.91 Å². The van der Waals surface area contributed by atoms with Crippen molar-refractivity contribution in [1.82, 2.24) is 4.58 Å². The fraction of sp³-hybridized carbons (Fsp3) is 0.157. The summed E-state index contributed by atoms with van der Waals surface area (Å²) >= 11 is 3.70. The highest BCUT2D eigenvalue weighted by atomic mass is 32.3. The fourth-order valence-corrected chi connectivity index (χ4v) is 11.8. The molecule has 1 aliphatic carbocycles. The minimum Gasteiger partial charge on any atom is -0.456 e. The standard InChI is InChI=1S/C51H48N3O3S3/c1-3-60(4-2,57-52-55)50-28-18-17-27-47(50)51-45-31-29-41(53(39-19-9-5-10-20-39)33-35-58-43-23-13-7-14-24-43)37-48(45)56-49-38-42(30-32-46(49)51)54(40-21-11-6-12-22-40)34-36-59-44-25-15-8-16-26-44/h5-32,37-38H,3-4,33-36H2,1-2H3/q+1. The molecule has 1 aliphatic heterocycles. The van der Waals surface area contributed by atoms with Gasteiger partial charge < -0.3 is 13.6 Å². The van der Waals surface area contributed by atoms with E-state index >= 15 is 0 Å². The minimum absolute atomic E-state index is 0.660. The van der Waals surface area contributed by atoms with Crippen LogP contribution in [-0.4, -0.2) is 36.1 Å². The van der Waals surface area contributed by atoms with Crippen molar-refractivity contribution in [2.75, 3.05) is 41.0 Å². The zero-order valence-corrected chi connectivity index (χ0v) is 36.3. The molecule has 2 aliphatic rings. The topological polar surface area (TPSA) is 58.0 Å². The van der Waals surface area contributed by atoms with Crippen LogP contribution in [-0.2, 0) is 4.28 Å². The van der Waals surface area contributed by atoms with Crippen LogP contribution in [0.4, 0.5) is 17.1 Å². The van der Waals surface area contributed by atoms with Crippen LogP contribution in [0.1, 0.15) is 13.8 Å². The van der Waals surface area contributed by atoms with Gasteiger partial charge in [0.2, 0.25) is 11.0 Å². The van der Waals surface area contributed by atoms with Gasteiger partial charge in [-0.3, -0.25) is 0 Å². The molecule has 0 atom stereocenters. The molecule has 0 radical (unpaired) electrons. The molecule has 6 nitrogen and oxygen atoms in total. The predicted molar refractivity (Wildman–Crippen MR) is 256 cm³/mol. The molecule has 6 aromatic rings. The largest absolute Gasteiger partial charge is 0.456 e. The van der Waals surface area contributed by atoms with Gasteiger partial charge >= 0.3 is 0 Å². The predicted octanol–water partition coefficient (Wildman–Crippen LogP) is 13.8. The third kappa shape index (κ3) is 9.04. The van der Waals surface area contributed by atoms with Crippen molar-refractivity contribution >= 4 is 61.9 Å². The van der Waals surface area contributed by atoms with E-state index in [1.54, 1.807) is 0 Å². The Kier molecular flexibility index (Phi) is 13.4. The lowest BCUT2D eigenvalue weighted by Crippen LogP contribution is -2.27. The van der Waals surface area contributed by atoms with Crippen molar-refractivity contribution in [1.29, 1.82) is 0 Å². The number of thioether (sulfide) groups is 2. The second-order valence-electron chi connectivity index (χ2n) is 14.2. The minimum atomic E-state index is -2.03. The number of hydrogen-bond acceptors (Lipinski definition) is 7. The maximum atomic E-state index is 11.9. The van der Waals surface area contributed by atoms with Gasteiger partial charge in [-0.2, -0.15) is 4.58 Å². The lowest BCUT2D eigenvalue weighted by molar-refractivity contribution is 0.377. The first-order valence-corrected chi connectivity index (χ1v) is 24.2. The van der Waals surface area contributed by atoms with E-state index in [-0.39, 0.29) is 0 Å². The molecule has 0 aromatic heterocycles. The molecule has 0 saturated carbocycles. The van der Waals surface area contributed by atoms with Crippen LogP contribution in [0.5, 0.6) is 0 Å². The highest BCUT2D eigenvalue weighted by Gasteiger charge is 2.31. The van der Waals surface area contributed by atoms with Crippen molar-refractivity contribution in [2.24, 2.45) is 5.34 Å². The first kappa shape index (κ1) is 41.0. The summed E-state index contributed by atoms with van der Waals surface area (Å²) in [4.78, 5) is 17.7. The van der Waals surface area contributed by atoms with Gasteiger partial charge in [0.05, 0.1) is 11.8 Å². The highest BCUT2D eigenvalue weighted by Crippen LogP contribution is 2.60. The second kappa shape index (κ2) is 19.5. The smallest absolute Gasteiger partial charge is 0.209 e. The lowest BCUT2D eigenvalue weighted by Gasteiger charge is -2.35. The normalized spacial score (nSPS) is 12.3. The van der Waals surface area contributed by atoms with E-state index < -0.39 is 10.3 Å². The van der Waals surface area contributed by atoms with Gasteiger partial charge in [-0.1, -0.05) is 105 Å². The number of rotatable bonds is 17. The monoisotopic (exact) mass is 846 g/mol. The molecular formula is C51H48N3O3S3+. The summed E-state index contributed by atoms with van der Waals surface area (Å²) < 4.78 is 15.3. The number of fused-ring (bicyclic) bond motifs is 2.